The molecule has 0 unspecified atom stereocenters. The van der Waals surface area contributed by atoms with Crippen LogP contribution in [0.4, 0.5) is 0 Å². The van der Waals surface area contributed by atoms with E-state index in [4.69, 9.17) is 5.73 Å². The SMILES string of the molecule is CCC1CCC(NS(=O)(=O)c2cccc(CN)c2C)CC1. The van der Waals surface area contributed by atoms with Crippen molar-refractivity contribution < 1.29 is 8.42 Å². The first kappa shape index (κ1) is 16.5. The standard InChI is InChI=1S/C16H26N2O2S/c1-3-13-7-9-15(10-8-13)18-21(19,20)16-6-4-5-14(11-17)12(16)2/h4-6,13,15,18H,3,7-11,17H2,1-2H3. The molecule has 1 aromatic rings. The van der Waals surface area contributed by atoms with Crippen LogP contribution >= 0.6 is 0 Å². The van der Waals surface area contributed by atoms with Crippen LogP contribution in [0.1, 0.15) is 50.2 Å². The van der Waals surface area contributed by atoms with E-state index in [1.54, 1.807) is 12.1 Å². The molecule has 1 saturated carbocycles. The number of rotatable bonds is 5. The smallest absolute Gasteiger partial charge is 0.241 e. The lowest BCUT2D eigenvalue weighted by molar-refractivity contribution is 0.306. The van der Waals surface area contributed by atoms with Crippen molar-refractivity contribution in [3.8, 4) is 0 Å². The first-order chi connectivity index (χ1) is 9.97. The van der Waals surface area contributed by atoms with Gasteiger partial charge >= 0.3 is 0 Å². The van der Waals surface area contributed by atoms with E-state index in [0.717, 1.165) is 42.7 Å². The minimum Gasteiger partial charge on any atom is -0.326 e. The molecule has 4 nitrogen and oxygen atoms in total. The highest BCUT2D eigenvalue weighted by Gasteiger charge is 2.26. The van der Waals surface area contributed by atoms with Crippen molar-refractivity contribution in [3.63, 3.8) is 0 Å². The number of sulfonamides is 1. The molecule has 118 valence electrons. The van der Waals surface area contributed by atoms with Crippen LogP contribution in [-0.2, 0) is 16.6 Å². The van der Waals surface area contributed by atoms with Gasteiger partial charge in [0.15, 0.2) is 0 Å². The Hall–Kier alpha value is -0.910. The van der Waals surface area contributed by atoms with Gasteiger partial charge in [-0.1, -0.05) is 25.5 Å². The summed E-state index contributed by atoms with van der Waals surface area (Å²) in [4.78, 5) is 0.364. The number of hydrogen-bond acceptors (Lipinski definition) is 3. The molecule has 1 fully saturated rings. The molecule has 21 heavy (non-hydrogen) atoms. The summed E-state index contributed by atoms with van der Waals surface area (Å²) in [6.45, 7) is 4.39. The summed E-state index contributed by atoms with van der Waals surface area (Å²) in [5.74, 6) is 0.757. The fraction of sp³-hybridized carbons (Fsp3) is 0.625. The lowest BCUT2D eigenvalue weighted by Gasteiger charge is -2.28. The van der Waals surface area contributed by atoms with Gasteiger partial charge in [0.25, 0.3) is 0 Å². The Morgan fingerprint density at radius 3 is 2.48 bits per heavy atom. The van der Waals surface area contributed by atoms with Gasteiger partial charge in [-0.15, -0.1) is 0 Å². The Kier molecular flexibility index (Phi) is 5.41. The third-order valence-electron chi connectivity index (χ3n) is 4.65. The van der Waals surface area contributed by atoms with E-state index in [0.29, 0.717) is 11.4 Å². The van der Waals surface area contributed by atoms with Crippen molar-refractivity contribution in [2.45, 2.75) is 63.4 Å². The topological polar surface area (TPSA) is 72.2 Å². The Labute approximate surface area is 128 Å². The molecule has 5 heteroatoms. The van der Waals surface area contributed by atoms with E-state index in [9.17, 15) is 8.42 Å². The zero-order valence-corrected chi connectivity index (χ0v) is 13.7. The number of hydrogen-bond donors (Lipinski definition) is 2. The predicted octanol–water partition coefficient (Wildman–Crippen LogP) is 2.70. The van der Waals surface area contributed by atoms with Gasteiger partial charge in [-0.25, -0.2) is 13.1 Å². The van der Waals surface area contributed by atoms with Crippen LogP contribution in [0, 0.1) is 12.8 Å². The van der Waals surface area contributed by atoms with Crippen LogP contribution in [0.3, 0.4) is 0 Å². The molecule has 0 bridgehead atoms. The van der Waals surface area contributed by atoms with Crippen molar-refractivity contribution in [3.05, 3.63) is 29.3 Å². The molecule has 0 radical (unpaired) electrons. The van der Waals surface area contributed by atoms with Gasteiger partial charge in [0.2, 0.25) is 10.0 Å². The zero-order chi connectivity index (χ0) is 15.5. The number of nitrogens with two attached hydrogens (primary N) is 1. The van der Waals surface area contributed by atoms with E-state index in [1.165, 1.54) is 6.42 Å². The quantitative estimate of drug-likeness (QED) is 0.878. The second kappa shape index (κ2) is 6.90. The Morgan fingerprint density at radius 2 is 1.90 bits per heavy atom. The van der Waals surface area contributed by atoms with Crippen molar-refractivity contribution >= 4 is 10.0 Å². The minimum atomic E-state index is -3.45. The van der Waals surface area contributed by atoms with Gasteiger partial charge in [-0.2, -0.15) is 0 Å². The average Bonchev–Trinajstić information content (AvgIpc) is 2.47. The molecule has 0 saturated heterocycles. The fourth-order valence-electron chi connectivity index (χ4n) is 3.14. The molecular weight excluding hydrogens is 284 g/mol. The summed E-state index contributed by atoms with van der Waals surface area (Å²) in [6.07, 6.45) is 5.30. The van der Waals surface area contributed by atoms with E-state index < -0.39 is 10.0 Å². The molecule has 0 heterocycles. The monoisotopic (exact) mass is 310 g/mol. The molecule has 0 aromatic heterocycles. The van der Waals surface area contributed by atoms with Gasteiger partial charge in [0, 0.05) is 12.6 Å². The predicted molar refractivity (Wildman–Crippen MR) is 85.4 cm³/mol. The summed E-state index contributed by atoms with van der Waals surface area (Å²) in [5.41, 5.74) is 7.30. The number of nitrogens with one attached hydrogen (secondary N) is 1. The lowest BCUT2D eigenvalue weighted by atomic mass is 9.85. The first-order valence-electron chi connectivity index (χ1n) is 7.78. The first-order valence-corrected chi connectivity index (χ1v) is 9.27. The summed E-state index contributed by atoms with van der Waals surface area (Å²) in [6, 6.07) is 5.37. The largest absolute Gasteiger partial charge is 0.326 e. The normalized spacial score (nSPS) is 23.2. The van der Waals surface area contributed by atoms with E-state index >= 15 is 0 Å². The Bertz CT molecular complexity index is 576. The third kappa shape index (κ3) is 3.84. The van der Waals surface area contributed by atoms with Gasteiger partial charge < -0.3 is 5.73 Å². The maximum absolute atomic E-state index is 12.6. The molecule has 1 aliphatic carbocycles. The lowest BCUT2D eigenvalue weighted by Crippen LogP contribution is -2.37. The van der Waals surface area contributed by atoms with Crippen LogP contribution in [0.15, 0.2) is 23.1 Å². The van der Waals surface area contributed by atoms with Crippen molar-refractivity contribution in [2.75, 3.05) is 0 Å². The van der Waals surface area contributed by atoms with E-state index in [-0.39, 0.29) is 6.04 Å². The highest BCUT2D eigenvalue weighted by molar-refractivity contribution is 7.89. The fourth-order valence-corrected chi connectivity index (χ4v) is 4.74. The zero-order valence-electron chi connectivity index (χ0n) is 12.9. The van der Waals surface area contributed by atoms with Crippen molar-refractivity contribution in [2.24, 2.45) is 11.7 Å². The highest BCUT2D eigenvalue weighted by atomic mass is 32.2. The van der Waals surface area contributed by atoms with Gasteiger partial charge in [-0.05, 0) is 55.7 Å². The number of benzene rings is 1. The third-order valence-corrected chi connectivity index (χ3v) is 6.32. The van der Waals surface area contributed by atoms with Gasteiger partial charge in [0.05, 0.1) is 4.90 Å². The van der Waals surface area contributed by atoms with Crippen LogP contribution in [0.2, 0.25) is 0 Å². The summed E-state index contributed by atoms with van der Waals surface area (Å²) >= 11 is 0. The maximum atomic E-state index is 12.6. The van der Waals surface area contributed by atoms with Gasteiger partial charge in [-0.3, -0.25) is 0 Å². The Balaban J connectivity index is 2.12. The van der Waals surface area contributed by atoms with Crippen molar-refractivity contribution in [1.29, 1.82) is 0 Å². The highest BCUT2D eigenvalue weighted by Crippen LogP contribution is 2.28. The van der Waals surface area contributed by atoms with Crippen molar-refractivity contribution in [1.82, 2.24) is 4.72 Å². The summed E-state index contributed by atoms with van der Waals surface area (Å²) < 4.78 is 28.1. The van der Waals surface area contributed by atoms with Gasteiger partial charge in [0.1, 0.15) is 0 Å². The van der Waals surface area contributed by atoms with Crippen LogP contribution in [0.25, 0.3) is 0 Å². The second-order valence-corrected chi connectivity index (χ2v) is 7.67. The molecule has 1 aliphatic rings. The molecule has 2 rings (SSSR count). The molecule has 3 N–H and O–H groups in total. The second-order valence-electron chi connectivity index (χ2n) is 5.99. The molecule has 0 atom stereocenters. The summed E-state index contributed by atoms with van der Waals surface area (Å²) in [5, 5.41) is 0. The van der Waals surface area contributed by atoms with Crippen LogP contribution in [0.5, 0.6) is 0 Å². The molecule has 0 aliphatic heterocycles. The van der Waals surface area contributed by atoms with E-state index in [1.807, 2.05) is 13.0 Å². The molecule has 0 spiro atoms. The molecular formula is C16H26N2O2S. The van der Waals surface area contributed by atoms with Crippen LogP contribution < -0.4 is 10.5 Å². The minimum absolute atomic E-state index is 0.0683. The molecule has 0 amide bonds. The summed E-state index contributed by atoms with van der Waals surface area (Å²) in [7, 11) is -3.45. The molecule has 1 aromatic carbocycles. The maximum Gasteiger partial charge on any atom is 0.241 e. The van der Waals surface area contributed by atoms with Crippen LogP contribution in [-0.4, -0.2) is 14.5 Å². The Morgan fingerprint density at radius 1 is 1.24 bits per heavy atom. The van der Waals surface area contributed by atoms with E-state index in [2.05, 4.69) is 11.6 Å². The average molecular weight is 310 g/mol.